The Morgan fingerprint density at radius 1 is 1.22 bits per heavy atom. The molecule has 10 heteroatoms. The van der Waals surface area contributed by atoms with Gasteiger partial charge in [0.05, 0.1) is 11.8 Å². The molecule has 0 aromatic carbocycles. The maximum Gasteiger partial charge on any atom is 0.271 e. The first-order chi connectivity index (χ1) is 14.9. The normalized spacial score (nSPS) is 18.2. The highest BCUT2D eigenvalue weighted by atomic mass is 32.1. The summed E-state index contributed by atoms with van der Waals surface area (Å²) in [5.41, 5.74) is 0.109. The lowest BCUT2D eigenvalue weighted by Crippen LogP contribution is -2.52. The fourth-order valence-corrected chi connectivity index (χ4v) is 4.54. The van der Waals surface area contributed by atoms with Crippen LogP contribution in [0.1, 0.15) is 62.8 Å². The standard InChI is InChI=1S/C22H28F2N4O3S/c1-11(2)31-12(3)20(30)28(14-9-16(23)26-17(24)10-14)21-27-18(13(4)32-21)19(29)25-15-7-8-22(15,5)6/h9-12,15H,7-8H2,1-6H3,(H,25,29). The van der Waals surface area contributed by atoms with Crippen LogP contribution in [-0.2, 0) is 9.53 Å². The van der Waals surface area contributed by atoms with Gasteiger partial charge < -0.3 is 10.1 Å². The molecule has 0 bridgehead atoms. The van der Waals surface area contributed by atoms with Crippen molar-refractivity contribution < 1.29 is 23.1 Å². The van der Waals surface area contributed by atoms with E-state index in [4.69, 9.17) is 4.74 Å². The summed E-state index contributed by atoms with van der Waals surface area (Å²) in [6.07, 6.45) is 0.756. The van der Waals surface area contributed by atoms with Crippen LogP contribution in [-0.4, -0.2) is 40.0 Å². The lowest BCUT2D eigenvalue weighted by molar-refractivity contribution is -0.130. The van der Waals surface area contributed by atoms with Crippen LogP contribution in [0.25, 0.3) is 0 Å². The summed E-state index contributed by atoms with van der Waals surface area (Å²) >= 11 is 1.09. The number of nitrogens with one attached hydrogen (secondary N) is 1. The average Bonchev–Trinajstić information content (AvgIpc) is 3.05. The summed E-state index contributed by atoms with van der Waals surface area (Å²) in [4.78, 5) is 35.2. The van der Waals surface area contributed by atoms with Crippen molar-refractivity contribution >= 4 is 34.0 Å². The fraction of sp³-hybridized carbons (Fsp3) is 0.545. The quantitative estimate of drug-likeness (QED) is 0.607. The minimum Gasteiger partial charge on any atom is -0.366 e. The first-order valence-electron chi connectivity index (χ1n) is 10.5. The number of carbonyl (C=O) groups excluding carboxylic acids is 2. The molecule has 0 saturated heterocycles. The van der Waals surface area contributed by atoms with E-state index < -0.39 is 23.9 Å². The number of pyridine rings is 1. The highest BCUT2D eigenvalue weighted by molar-refractivity contribution is 7.16. The van der Waals surface area contributed by atoms with E-state index in [2.05, 4.69) is 29.1 Å². The van der Waals surface area contributed by atoms with E-state index in [-0.39, 0.29) is 40.0 Å². The summed E-state index contributed by atoms with van der Waals surface area (Å²) in [6.45, 7) is 11.0. The molecular formula is C22H28F2N4O3S. The van der Waals surface area contributed by atoms with Gasteiger partial charge in [0.25, 0.3) is 11.8 Å². The third-order valence-electron chi connectivity index (χ3n) is 5.57. The average molecular weight is 467 g/mol. The third kappa shape index (κ3) is 5.12. The van der Waals surface area contributed by atoms with Crippen molar-refractivity contribution in [1.82, 2.24) is 15.3 Å². The van der Waals surface area contributed by atoms with E-state index in [0.717, 1.165) is 41.2 Å². The van der Waals surface area contributed by atoms with Gasteiger partial charge in [0.1, 0.15) is 11.8 Å². The van der Waals surface area contributed by atoms with Gasteiger partial charge in [-0.2, -0.15) is 13.8 Å². The second-order valence-electron chi connectivity index (χ2n) is 8.93. The summed E-state index contributed by atoms with van der Waals surface area (Å²) in [5, 5.41) is 3.12. The zero-order valence-electron chi connectivity index (χ0n) is 19.0. The predicted octanol–water partition coefficient (Wildman–Crippen LogP) is 4.52. The summed E-state index contributed by atoms with van der Waals surface area (Å²) < 4.78 is 33.3. The molecule has 0 spiro atoms. The zero-order chi connectivity index (χ0) is 23.8. The van der Waals surface area contributed by atoms with Crippen LogP contribution in [0.15, 0.2) is 12.1 Å². The molecule has 1 N–H and O–H groups in total. The highest BCUT2D eigenvalue weighted by Crippen LogP contribution is 2.40. The number of aryl methyl sites for hydroxylation is 1. The molecule has 2 amide bonds. The molecule has 2 unspecified atom stereocenters. The summed E-state index contributed by atoms with van der Waals surface area (Å²) in [6, 6.07) is 1.92. The number of anilines is 2. The van der Waals surface area contributed by atoms with Gasteiger partial charge in [0.15, 0.2) is 5.13 Å². The summed E-state index contributed by atoms with van der Waals surface area (Å²) in [7, 11) is 0. The summed E-state index contributed by atoms with van der Waals surface area (Å²) in [5.74, 6) is -3.05. The molecule has 2 heterocycles. The Kier molecular flexibility index (Phi) is 6.94. The molecule has 2 atom stereocenters. The number of hydrogen-bond acceptors (Lipinski definition) is 6. The number of halogens is 2. The van der Waals surface area contributed by atoms with E-state index >= 15 is 0 Å². The Balaban J connectivity index is 1.97. The smallest absolute Gasteiger partial charge is 0.271 e. The Labute approximate surface area is 190 Å². The third-order valence-corrected chi connectivity index (χ3v) is 6.52. The van der Waals surface area contributed by atoms with Gasteiger partial charge in [-0.1, -0.05) is 13.8 Å². The number of carbonyl (C=O) groups is 2. The Bertz CT molecular complexity index is 1000. The van der Waals surface area contributed by atoms with E-state index in [1.54, 1.807) is 27.7 Å². The molecule has 2 aromatic heterocycles. The van der Waals surface area contributed by atoms with Crippen LogP contribution >= 0.6 is 11.3 Å². The molecule has 7 nitrogen and oxygen atoms in total. The van der Waals surface area contributed by atoms with Crippen molar-refractivity contribution in [3.63, 3.8) is 0 Å². The van der Waals surface area contributed by atoms with Crippen LogP contribution in [0.3, 0.4) is 0 Å². The Morgan fingerprint density at radius 3 is 2.34 bits per heavy atom. The first kappa shape index (κ1) is 24.2. The molecular weight excluding hydrogens is 438 g/mol. The highest BCUT2D eigenvalue weighted by Gasteiger charge is 2.40. The minimum atomic E-state index is -1.08. The lowest BCUT2D eigenvalue weighted by atomic mass is 9.67. The molecule has 2 aromatic rings. The van der Waals surface area contributed by atoms with Gasteiger partial charge >= 0.3 is 0 Å². The van der Waals surface area contributed by atoms with Gasteiger partial charge in [-0.05, 0) is 46.0 Å². The van der Waals surface area contributed by atoms with Crippen molar-refractivity contribution in [2.24, 2.45) is 5.41 Å². The number of hydrogen-bond donors (Lipinski definition) is 1. The molecule has 1 aliphatic rings. The largest absolute Gasteiger partial charge is 0.366 e. The van der Waals surface area contributed by atoms with Crippen LogP contribution in [0, 0.1) is 24.2 Å². The molecule has 0 radical (unpaired) electrons. The zero-order valence-corrected chi connectivity index (χ0v) is 19.8. The van der Waals surface area contributed by atoms with Crippen LogP contribution in [0.5, 0.6) is 0 Å². The minimum absolute atomic E-state index is 0.0140. The number of amides is 2. The topological polar surface area (TPSA) is 84.4 Å². The first-order valence-corrected chi connectivity index (χ1v) is 11.3. The van der Waals surface area contributed by atoms with Gasteiger partial charge in [-0.3, -0.25) is 14.5 Å². The molecule has 0 aliphatic heterocycles. The van der Waals surface area contributed by atoms with E-state index in [0.29, 0.717) is 4.88 Å². The second-order valence-corrected chi connectivity index (χ2v) is 10.1. The second kappa shape index (κ2) is 9.19. The number of ether oxygens (including phenoxy) is 1. The number of aromatic nitrogens is 2. The van der Waals surface area contributed by atoms with Gasteiger partial charge in [-0.15, -0.1) is 11.3 Å². The molecule has 1 saturated carbocycles. The van der Waals surface area contributed by atoms with Gasteiger partial charge in [0.2, 0.25) is 11.9 Å². The molecule has 1 aliphatic carbocycles. The van der Waals surface area contributed by atoms with E-state index in [1.807, 2.05) is 0 Å². The number of rotatable bonds is 7. The SMILES string of the molecule is Cc1sc(N(C(=O)C(C)OC(C)C)c2cc(F)nc(F)c2)nc1C(=O)NC1CCC1(C)C. The fourth-order valence-electron chi connectivity index (χ4n) is 3.61. The molecule has 174 valence electrons. The maximum absolute atomic E-state index is 13.9. The number of nitrogens with zero attached hydrogens (tertiary/aromatic N) is 3. The van der Waals surface area contributed by atoms with Crippen molar-refractivity contribution in [2.75, 3.05) is 4.90 Å². The predicted molar refractivity (Wildman–Crippen MR) is 118 cm³/mol. The molecule has 3 rings (SSSR count). The van der Waals surface area contributed by atoms with Gasteiger partial charge in [-0.25, -0.2) is 4.98 Å². The molecule has 1 fully saturated rings. The Hall–Kier alpha value is -2.46. The van der Waals surface area contributed by atoms with E-state index in [9.17, 15) is 18.4 Å². The van der Waals surface area contributed by atoms with Crippen LogP contribution in [0.2, 0.25) is 0 Å². The Morgan fingerprint density at radius 2 is 1.84 bits per heavy atom. The monoisotopic (exact) mass is 466 g/mol. The van der Waals surface area contributed by atoms with Crippen molar-refractivity contribution in [3.05, 3.63) is 34.6 Å². The maximum atomic E-state index is 13.9. The van der Waals surface area contributed by atoms with E-state index in [1.165, 1.54) is 0 Å². The van der Waals surface area contributed by atoms with Crippen molar-refractivity contribution in [2.45, 2.75) is 72.6 Å². The van der Waals surface area contributed by atoms with Crippen LogP contribution in [0.4, 0.5) is 19.6 Å². The van der Waals surface area contributed by atoms with Crippen LogP contribution < -0.4 is 10.2 Å². The van der Waals surface area contributed by atoms with Crippen molar-refractivity contribution in [3.8, 4) is 0 Å². The number of thiazole rings is 1. The van der Waals surface area contributed by atoms with Crippen molar-refractivity contribution in [1.29, 1.82) is 0 Å². The lowest BCUT2D eigenvalue weighted by Gasteiger charge is -2.44. The van der Waals surface area contributed by atoms with Gasteiger partial charge in [0, 0.05) is 23.1 Å². The molecule has 32 heavy (non-hydrogen) atoms.